The van der Waals surface area contributed by atoms with Crippen LogP contribution in [0.2, 0.25) is 0 Å². The number of aromatic nitrogens is 1. The quantitative estimate of drug-likeness (QED) is 0.603. The molecular weight excluding hydrogens is 356 g/mol. The van der Waals surface area contributed by atoms with Crippen LogP contribution in [0.25, 0.3) is 10.9 Å². The lowest BCUT2D eigenvalue weighted by Crippen LogP contribution is -2.42. The summed E-state index contributed by atoms with van der Waals surface area (Å²) >= 11 is 0. The van der Waals surface area contributed by atoms with Crippen LogP contribution in [0.5, 0.6) is 0 Å². The topological polar surface area (TPSA) is 131 Å². The van der Waals surface area contributed by atoms with Crippen molar-refractivity contribution < 1.29 is 23.8 Å². The fourth-order valence-electron chi connectivity index (χ4n) is 2.67. The van der Waals surface area contributed by atoms with Gasteiger partial charge >= 0.3 is 5.97 Å². The SMILES string of the molecule is Cc1ccc(S(=O)(=O)N[C@@H](Cc2c[nH]c3ccccc23)C(=O)O)cc1.O. The molecule has 3 aromatic rings. The Hall–Kier alpha value is -2.68. The number of aromatic amines is 1. The minimum atomic E-state index is -3.92. The minimum absolute atomic E-state index is 0. The first-order valence-corrected chi connectivity index (χ1v) is 9.22. The molecule has 1 heterocycles. The average molecular weight is 376 g/mol. The molecule has 0 aliphatic heterocycles. The molecule has 1 aromatic heterocycles. The lowest BCUT2D eigenvalue weighted by Gasteiger charge is -2.14. The molecule has 0 aliphatic carbocycles. The first-order valence-electron chi connectivity index (χ1n) is 7.73. The lowest BCUT2D eigenvalue weighted by molar-refractivity contribution is -0.138. The molecule has 7 nitrogen and oxygen atoms in total. The van der Waals surface area contributed by atoms with Crippen molar-refractivity contribution in [3.8, 4) is 0 Å². The van der Waals surface area contributed by atoms with E-state index in [4.69, 9.17) is 0 Å². The van der Waals surface area contributed by atoms with E-state index in [1.165, 1.54) is 12.1 Å². The number of hydrogen-bond acceptors (Lipinski definition) is 3. The van der Waals surface area contributed by atoms with Gasteiger partial charge in [-0.25, -0.2) is 8.42 Å². The van der Waals surface area contributed by atoms with Crippen molar-refractivity contribution in [2.24, 2.45) is 0 Å². The monoisotopic (exact) mass is 376 g/mol. The largest absolute Gasteiger partial charge is 0.480 e. The number of carboxylic acids is 1. The number of aryl methyl sites for hydroxylation is 1. The zero-order valence-electron chi connectivity index (χ0n) is 14.1. The van der Waals surface area contributed by atoms with E-state index in [1.54, 1.807) is 18.3 Å². The molecule has 0 spiro atoms. The highest BCUT2D eigenvalue weighted by Crippen LogP contribution is 2.20. The van der Waals surface area contributed by atoms with Gasteiger partial charge in [0.15, 0.2) is 0 Å². The van der Waals surface area contributed by atoms with E-state index in [1.807, 2.05) is 31.2 Å². The van der Waals surface area contributed by atoms with Crippen molar-refractivity contribution in [1.82, 2.24) is 9.71 Å². The van der Waals surface area contributed by atoms with Crippen molar-refractivity contribution >= 4 is 26.9 Å². The van der Waals surface area contributed by atoms with E-state index in [0.717, 1.165) is 22.0 Å². The predicted molar refractivity (Wildman–Crippen MR) is 98.5 cm³/mol. The Labute approximate surface area is 151 Å². The number of H-pyrrole nitrogens is 1. The fraction of sp³-hybridized carbons (Fsp3) is 0.167. The molecule has 0 bridgehead atoms. The van der Waals surface area contributed by atoms with Gasteiger partial charge in [0.25, 0.3) is 0 Å². The Balaban J connectivity index is 0.00000243. The van der Waals surface area contributed by atoms with E-state index < -0.39 is 22.0 Å². The van der Waals surface area contributed by atoms with Crippen LogP contribution in [0, 0.1) is 6.92 Å². The van der Waals surface area contributed by atoms with Gasteiger partial charge in [-0.2, -0.15) is 4.72 Å². The number of rotatable bonds is 6. The van der Waals surface area contributed by atoms with Crippen LogP contribution >= 0.6 is 0 Å². The standard InChI is InChI=1S/C18H18N2O4S.H2O/c1-12-6-8-14(9-7-12)25(23,24)20-17(18(21)22)10-13-11-19-16-5-3-2-4-15(13)16;/h2-9,11,17,19-20H,10H2,1H3,(H,21,22);1H2/t17-;/m0./s1. The summed E-state index contributed by atoms with van der Waals surface area (Å²) in [6.45, 7) is 1.85. The van der Waals surface area contributed by atoms with Crippen molar-refractivity contribution in [2.75, 3.05) is 0 Å². The van der Waals surface area contributed by atoms with E-state index in [2.05, 4.69) is 9.71 Å². The summed E-state index contributed by atoms with van der Waals surface area (Å²) in [4.78, 5) is 14.7. The van der Waals surface area contributed by atoms with Crippen LogP contribution in [0.3, 0.4) is 0 Å². The number of carboxylic acid groups (broad SMARTS) is 1. The van der Waals surface area contributed by atoms with Crippen LogP contribution < -0.4 is 4.72 Å². The predicted octanol–water partition coefficient (Wildman–Crippen LogP) is 1.63. The maximum atomic E-state index is 12.5. The fourth-order valence-corrected chi connectivity index (χ4v) is 3.86. The molecule has 2 aromatic carbocycles. The molecular formula is C18H20N2O5S. The molecule has 0 fully saturated rings. The Morgan fingerprint density at radius 2 is 1.81 bits per heavy atom. The number of aliphatic carboxylic acids is 1. The molecule has 0 radical (unpaired) electrons. The van der Waals surface area contributed by atoms with E-state index in [-0.39, 0.29) is 16.8 Å². The Kier molecular flexibility index (Phi) is 5.81. The molecule has 5 N–H and O–H groups in total. The summed E-state index contributed by atoms with van der Waals surface area (Å²) < 4.78 is 27.2. The number of hydrogen-bond donors (Lipinski definition) is 3. The maximum absolute atomic E-state index is 12.5. The summed E-state index contributed by atoms with van der Waals surface area (Å²) in [5, 5.41) is 10.3. The number of benzene rings is 2. The van der Waals surface area contributed by atoms with Gasteiger partial charge in [-0.05, 0) is 30.7 Å². The zero-order chi connectivity index (χ0) is 18.0. The van der Waals surface area contributed by atoms with E-state index in [0.29, 0.717) is 0 Å². The molecule has 138 valence electrons. The number of sulfonamides is 1. The average Bonchev–Trinajstić information content (AvgIpc) is 2.97. The highest BCUT2D eigenvalue weighted by atomic mass is 32.2. The van der Waals surface area contributed by atoms with Crippen molar-refractivity contribution in [3.63, 3.8) is 0 Å². The number of carbonyl (C=O) groups is 1. The minimum Gasteiger partial charge on any atom is -0.480 e. The van der Waals surface area contributed by atoms with Gasteiger partial charge < -0.3 is 15.6 Å². The van der Waals surface area contributed by atoms with Crippen molar-refractivity contribution in [3.05, 3.63) is 65.9 Å². The van der Waals surface area contributed by atoms with Gasteiger partial charge in [0.2, 0.25) is 10.0 Å². The van der Waals surface area contributed by atoms with Crippen molar-refractivity contribution in [1.29, 1.82) is 0 Å². The molecule has 1 atom stereocenters. The molecule has 8 heteroatoms. The third kappa shape index (κ3) is 4.10. The van der Waals surface area contributed by atoms with E-state index in [9.17, 15) is 18.3 Å². The highest BCUT2D eigenvalue weighted by molar-refractivity contribution is 7.89. The Morgan fingerprint density at radius 3 is 2.46 bits per heavy atom. The number of nitrogens with one attached hydrogen (secondary N) is 2. The number of fused-ring (bicyclic) bond motifs is 1. The summed E-state index contributed by atoms with van der Waals surface area (Å²) in [7, 11) is -3.92. The third-order valence-electron chi connectivity index (χ3n) is 4.03. The normalized spacial score (nSPS) is 12.5. The van der Waals surface area contributed by atoms with Gasteiger partial charge in [0.05, 0.1) is 4.90 Å². The molecule has 0 unspecified atom stereocenters. The summed E-state index contributed by atoms with van der Waals surface area (Å²) in [5.74, 6) is -1.22. The molecule has 0 aliphatic rings. The summed E-state index contributed by atoms with van der Waals surface area (Å²) in [6, 6.07) is 12.5. The Morgan fingerprint density at radius 1 is 1.15 bits per heavy atom. The van der Waals surface area contributed by atoms with Gasteiger partial charge in [0.1, 0.15) is 6.04 Å². The van der Waals surface area contributed by atoms with Crippen LogP contribution in [0.4, 0.5) is 0 Å². The van der Waals surface area contributed by atoms with Gasteiger partial charge in [-0.3, -0.25) is 4.79 Å². The second-order valence-electron chi connectivity index (χ2n) is 5.89. The number of para-hydroxylation sites is 1. The summed E-state index contributed by atoms with van der Waals surface area (Å²) in [5.41, 5.74) is 2.55. The second-order valence-corrected chi connectivity index (χ2v) is 7.60. The molecule has 0 saturated heterocycles. The second kappa shape index (κ2) is 7.69. The van der Waals surface area contributed by atoms with Crippen LogP contribution in [-0.4, -0.2) is 36.0 Å². The first-order chi connectivity index (χ1) is 11.9. The first kappa shape index (κ1) is 19.6. The van der Waals surface area contributed by atoms with Crippen LogP contribution in [0.1, 0.15) is 11.1 Å². The van der Waals surface area contributed by atoms with E-state index >= 15 is 0 Å². The van der Waals surface area contributed by atoms with Crippen LogP contribution in [0.15, 0.2) is 59.6 Å². The molecule has 26 heavy (non-hydrogen) atoms. The molecule has 0 saturated carbocycles. The molecule has 0 amide bonds. The Bertz CT molecular complexity index is 1010. The summed E-state index contributed by atoms with van der Waals surface area (Å²) in [6.07, 6.45) is 1.76. The zero-order valence-corrected chi connectivity index (χ0v) is 14.9. The van der Waals surface area contributed by atoms with Crippen LogP contribution in [-0.2, 0) is 21.2 Å². The highest BCUT2D eigenvalue weighted by Gasteiger charge is 2.26. The van der Waals surface area contributed by atoms with Gasteiger partial charge in [-0.15, -0.1) is 0 Å². The van der Waals surface area contributed by atoms with Crippen molar-refractivity contribution in [2.45, 2.75) is 24.3 Å². The smallest absolute Gasteiger partial charge is 0.322 e. The van der Waals surface area contributed by atoms with Gasteiger partial charge in [0, 0.05) is 23.5 Å². The lowest BCUT2D eigenvalue weighted by atomic mass is 10.1. The third-order valence-corrected chi connectivity index (χ3v) is 5.51. The van der Waals surface area contributed by atoms with Gasteiger partial charge in [-0.1, -0.05) is 35.9 Å². The maximum Gasteiger partial charge on any atom is 0.322 e. The molecule has 3 rings (SSSR count).